The maximum Gasteiger partial charge on any atom is 0.133 e. The summed E-state index contributed by atoms with van der Waals surface area (Å²) in [5.41, 5.74) is 0. The summed E-state index contributed by atoms with van der Waals surface area (Å²) < 4.78 is 6.98. The summed E-state index contributed by atoms with van der Waals surface area (Å²) in [5.74, 6) is 1.50. The van der Waals surface area contributed by atoms with Crippen LogP contribution >= 0.6 is 0 Å². The molecule has 0 radical (unpaired) electrons. The molecule has 6 heteroatoms. The second-order valence-corrected chi connectivity index (χ2v) is 3.84. The smallest absolute Gasteiger partial charge is 0.133 e. The number of furan rings is 1. The van der Waals surface area contributed by atoms with E-state index in [2.05, 4.69) is 15.5 Å². The molecular weight excluding hydrogens is 220 g/mol. The summed E-state index contributed by atoms with van der Waals surface area (Å²) in [7, 11) is 1.91. The minimum Gasteiger partial charge on any atom is -0.467 e. The average molecular weight is 236 g/mol. The van der Waals surface area contributed by atoms with E-state index in [0.29, 0.717) is 12.3 Å². The second-order valence-electron chi connectivity index (χ2n) is 3.84. The van der Waals surface area contributed by atoms with Gasteiger partial charge in [0.05, 0.1) is 6.26 Å². The third kappa shape index (κ3) is 3.15. The standard InChI is InChI=1S/C11H16N4O2/c1-15-8-13-14-11(15)4-5-12-7-9(16)10-3-2-6-17-10/h2-3,6,8-9,12,16H,4-5,7H2,1H3. The van der Waals surface area contributed by atoms with Gasteiger partial charge in [0, 0.05) is 26.6 Å². The van der Waals surface area contributed by atoms with E-state index in [9.17, 15) is 5.11 Å². The third-order valence-corrected chi connectivity index (χ3v) is 2.54. The van der Waals surface area contributed by atoms with Gasteiger partial charge in [0.15, 0.2) is 0 Å². The van der Waals surface area contributed by atoms with Crippen molar-refractivity contribution in [3.05, 3.63) is 36.3 Å². The molecule has 2 heterocycles. The van der Waals surface area contributed by atoms with Crippen LogP contribution in [0.1, 0.15) is 17.7 Å². The molecule has 0 saturated carbocycles. The molecule has 0 aliphatic carbocycles. The monoisotopic (exact) mass is 236 g/mol. The summed E-state index contributed by atoms with van der Waals surface area (Å²) in [6.45, 7) is 1.20. The van der Waals surface area contributed by atoms with Crippen molar-refractivity contribution in [3.8, 4) is 0 Å². The lowest BCUT2D eigenvalue weighted by atomic mass is 10.2. The zero-order valence-corrected chi connectivity index (χ0v) is 9.71. The van der Waals surface area contributed by atoms with E-state index in [1.807, 2.05) is 11.6 Å². The molecule has 2 aromatic heterocycles. The largest absolute Gasteiger partial charge is 0.467 e. The van der Waals surface area contributed by atoms with Crippen molar-refractivity contribution in [3.63, 3.8) is 0 Å². The summed E-state index contributed by atoms with van der Waals surface area (Å²) in [6.07, 6.45) is 3.40. The molecule has 0 aliphatic rings. The van der Waals surface area contributed by atoms with Gasteiger partial charge in [0.25, 0.3) is 0 Å². The Balaban J connectivity index is 1.68. The predicted molar refractivity (Wildman–Crippen MR) is 61.2 cm³/mol. The first kappa shape index (κ1) is 11.8. The Kier molecular flexibility index (Phi) is 3.89. The number of aliphatic hydroxyl groups is 1. The van der Waals surface area contributed by atoms with Gasteiger partial charge in [-0.2, -0.15) is 0 Å². The van der Waals surface area contributed by atoms with Crippen LogP contribution in [-0.4, -0.2) is 33.0 Å². The molecule has 0 aromatic carbocycles. The third-order valence-electron chi connectivity index (χ3n) is 2.54. The maximum atomic E-state index is 9.73. The Morgan fingerprint density at radius 2 is 2.47 bits per heavy atom. The first-order valence-corrected chi connectivity index (χ1v) is 5.52. The van der Waals surface area contributed by atoms with Gasteiger partial charge in [-0.15, -0.1) is 10.2 Å². The number of aromatic nitrogens is 3. The molecule has 2 aromatic rings. The Morgan fingerprint density at radius 1 is 1.59 bits per heavy atom. The van der Waals surface area contributed by atoms with Crippen LogP contribution in [0.5, 0.6) is 0 Å². The van der Waals surface area contributed by atoms with Crippen LogP contribution in [0, 0.1) is 0 Å². The maximum absolute atomic E-state index is 9.73. The highest BCUT2D eigenvalue weighted by Crippen LogP contribution is 2.11. The van der Waals surface area contributed by atoms with Crippen molar-refractivity contribution in [1.82, 2.24) is 20.1 Å². The van der Waals surface area contributed by atoms with E-state index in [0.717, 1.165) is 18.8 Å². The number of nitrogens with zero attached hydrogens (tertiary/aromatic N) is 3. The number of hydrogen-bond donors (Lipinski definition) is 2. The van der Waals surface area contributed by atoms with Gasteiger partial charge >= 0.3 is 0 Å². The molecule has 1 atom stereocenters. The van der Waals surface area contributed by atoms with Gasteiger partial charge in [-0.25, -0.2) is 0 Å². The van der Waals surface area contributed by atoms with Crippen molar-refractivity contribution >= 4 is 0 Å². The predicted octanol–water partition coefficient (Wildman–Crippen LogP) is 0.274. The van der Waals surface area contributed by atoms with E-state index >= 15 is 0 Å². The highest BCUT2D eigenvalue weighted by Gasteiger charge is 2.09. The summed E-state index contributed by atoms with van der Waals surface area (Å²) >= 11 is 0. The molecule has 2 N–H and O–H groups in total. The Hall–Kier alpha value is -1.66. The lowest BCUT2D eigenvalue weighted by Gasteiger charge is -2.08. The molecule has 1 unspecified atom stereocenters. The van der Waals surface area contributed by atoms with Gasteiger partial charge in [0.2, 0.25) is 0 Å². The van der Waals surface area contributed by atoms with Crippen LogP contribution in [0.2, 0.25) is 0 Å². The molecule has 0 amide bonds. The summed E-state index contributed by atoms with van der Waals surface area (Å²) in [4.78, 5) is 0. The molecule has 0 bridgehead atoms. The van der Waals surface area contributed by atoms with Crippen LogP contribution in [0.15, 0.2) is 29.1 Å². The molecule has 92 valence electrons. The highest BCUT2D eigenvalue weighted by molar-refractivity contribution is 5.02. The molecule has 2 rings (SSSR count). The normalized spacial score (nSPS) is 12.8. The Morgan fingerprint density at radius 3 is 3.12 bits per heavy atom. The van der Waals surface area contributed by atoms with E-state index in [1.54, 1.807) is 24.7 Å². The van der Waals surface area contributed by atoms with Gasteiger partial charge in [-0.3, -0.25) is 0 Å². The molecule has 6 nitrogen and oxygen atoms in total. The fraction of sp³-hybridized carbons (Fsp3) is 0.455. The van der Waals surface area contributed by atoms with Crippen molar-refractivity contribution in [2.45, 2.75) is 12.5 Å². The number of nitrogens with one attached hydrogen (secondary N) is 1. The topological polar surface area (TPSA) is 76.1 Å². The van der Waals surface area contributed by atoms with Gasteiger partial charge in [-0.1, -0.05) is 0 Å². The second kappa shape index (κ2) is 5.60. The average Bonchev–Trinajstić information content (AvgIpc) is 2.96. The first-order chi connectivity index (χ1) is 8.27. The number of hydrogen-bond acceptors (Lipinski definition) is 5. The van der Waals surface area contributed by atoms with Crippen molar-refractivity contribution in [2.75, 3.05) is 13.1 Å². The minimum absolute atomic E-state index is 0.464. The minimum atomic E-state index is -0.607. The van der Waals surface area contributed by atoms with E-state index in [4.69, 9.17) is 4.42 Å². The van der Waals surface area contributed by atoms with Crippen molar-refractivity contribution in [2.24, 2.45) is 7.05 Å². The van der Waals surface area contributed by atoms with Crippen molar-refractivity contribution in [1.29, 1.82) is 0 Å². The molecule has 0 fully saturated rings. The quantitative estimate of drug-likeness (QED) is 0.704. The van der Waals surface area contributed by atoms with Crippen LogP contribution in [0.3, 0.4) is 0 Å². The SMILES string of the molecule is Cn1cnnc1CCNCC(O)c1ccco1. The summed E-state index contributed by atoms with van der Waals surface area (Å²) in [5, 5.41) is 20.7. The molecule has 0 spiro atoms. The Bertz CT molecular complexity index is 438. The summed E-state index contributed by atoms with van der Waals surface area (Å²) in [6, 6.07) is 3.52. The Labute approximate surface area is 99.3 Å². The van der Waals surface area contributed by atoms with Gasteiger partial charge < -0.3 is 19.4 Å². The van der Waals surface area contributed by atoms with Crippen LogP contribution in [0.25, 0.3) is 0 Å². The van der Waals surface area contributed by atoms with E-state index in [-0.39, 0.29) is 0 Å². The van der Waals surface area contributed by atoms with Gasteiger partial charge in [-0.05, 0) is 12.1 Å². The van der Waals surface area contributed by atoms with Crippen LogP contribution < -0.4 is 5.32 Å². The van der Waals surface area contributed by atoms with Crippen molar-refractivity contribution < 1.29 is 9.52 Å². The molecule has 17 heavy (non-hydrogen) atoms. The molecular formula is C11H16N4O2. The number of rotatable bonds is 6. The van der Waals surface area contributed by atoms with Crippen LogP contribution in [0.4, 0.5) is 0 Å². The number of aryl methyl sites for hydroxylation is 1. The van der Waals surface area contributed by atoms with E-state index in [1.165, 1.54) is 0 Å². The molecule has 0 aliphatic heterocycles. The fourth-order valence-corrected chi connectivity index (χ4v) is 1.55. The first-order valence-electron chi connectivity index (χ1n) is 5.52. The van der Waals surface area contributed by atoms with E-state index < -0.39 is 6.10 Å². The lowest BCUT2D eigenvalue weighted by molar-refractivity contribution is 0.148. The lowest BCUT2D eigenvalue weighted by Crippen LogP contribution is -2.24. The molecule has 0 saturated heterocycles. The highest BCUT2D eigenvalue weighted by atomic mass is 16.4. The van der Waals surface area contributed by atoms with Crippen LogP contribution in [-0.2, 0) is 13.5 Å². The number of aliphatic hydroxyl groups excluding tert-OH is 1. The van der Waals surface area contributed by atoms with Gasteiger partial charge in [0.1, 0.15) is 24.0 Å². The fourth-order valence-electron chi connectivity index (χ4n) is 1.55. The zero-order valence-electron chi connectivity index (χ0n) is 9.71. The zero-order chi connectivity index (χ0) is 12.1.